The molecular formula is C26H22BrClN2O3. The Balaban J connectivity index is 1.84. The summed E-state index contributed by atoms with van der Waals surface area (Å²) in [5.41, 5.74) is 4.11. The first-order valence-electron chi connectivity index (χ1n) is 10.1. The number of nitriles is 1. The third kappa shape index (κ3) is 6.38. The molecule has 3 aromatic rings. The molecule has 0 unspecified atom stereocenters. The maximum Gasteiger partial charge on any atom is 0.266 e. The minimum atomic E-state index is -0.534. The number of hydrogen-bond donors (Lipinski definition) is 1. The van der Waals surface area contributed by atoms with Gasteiger partial charge in [0.1, 0.15) is 18.2 Å². The van der Waals surface area contributed by atoms with Crippen LogP contribution >= 0.6 is 27.5 Å². The van der Waals surface area contributed by atoms with Gasteiger partial charge in [-0.2, -0.15) is 5.26 Å². The minimum Gasteiger partial charge on any atom is -0.493 e. The normalized spacial score (nSPS) is 11.0. The van der Waals surface area contributed by atoms with E-state index >= 15 is 0 Å². The van der Waals surface area contributed by atoms with Crippen molar-refractivity contribution in [3.8, 4) is 17.6 Å². The highest BCUT2D eigenvalue weighted by atomic mass is 79.9. The van der Waals surface area contributed by atoms with E-state index < -0.39 is 5.91 Å². The van der Waals surface area contributed by atoms with Crippen LogP contribution in [0.3, 0.4) is 0 Å². The van der Waals surface area contributed by atoms with E-state index in [9.17, 15) is 10.1 Å². The molecule has 0 spiro atoms. The van der Waals surface area contributed by atoms with Gasteiger partial charge in [0.25, 0.3) is 5.91 Å². The Bertz CT molecular complexity index is 1260. The molecule has 1 amide bonds. The van der Waals surface area contributed by atoms with Crippen molar-refractivity contribution in [2.45, 2.75) is 20.5 Å². The summed E-state index contributed by atoms with van der Waals surface area (Å²) < 4.78 is 12.1. The molecule has 0 saturated carbocycles. The summed E-state index contributed by atoms with van der Waals surface area (Å²) in [6, 6.07) is 18.7. The van der Waals surface area contributed by atoms with Crippen molar-refractivity contribution in [1.29, 1.82) is 5.26 Å². The van der Waals surface area contributed by atoms with E-state index in [1.807, 2.05) is 38.1 Å². The van der Waals surface area contributed by atoms with Gasteiger partial charge in [-0.1, -0.05) is 63.4 Å². The summed E-state index contributed by atoms with van der Waals surface area (Å²) in [5.74, 6) is 0.495. The van der Waals surface area contributed by atoms with Gasteiger partial charge in [-0.25, -0.2) is 0 Å². The molecule has 0 saturated heterocycles. The van der Waals surface area contributed by atoms with Crippen LogP contribution in [0.4, 0.5) is 5.69 Å². The van der Waals surface area contributed by atoms with Crippen molar-refractivity contribution in [2.24, 2.45) is 0 Å². The molecule has 0 aliphatic carbocycles. The fourth-order valence-corrected chi connectivity index (χ4v) is 3.73. The summed E-state index contributed by atoms with van der Waals surface area (Å²) in [6.45, 7) is 4.25. The number of carbonyl (C=O) groups is 1. The van der Waals surface area contributed by atoms with Crippen molar-refractivity contribution < 1.29 is 14.3 Å². The maximum absolute atomic E-state index is 12.7. The van der Waals surface area contributed by atoms with Gasteiger partial charge in [0.2, 0.25) is 0 Å². The van der Waals surface area contributed by atoms with Gasteiger partial charge in [0, 0.05) is 15.2 Å². The highest BCUT2D eigenvalue weighted by Gasteiger charge is 2.15. The monoisotopic (exact) mass is 524 g/mol. The molecular weight excluding hydrogens is 504 g/mol. The van der Waals surface area contributed by atoms with E-state index in [4.69, 9.17) is 21.1 Å². The Hall–Kier alpha value is -3.27. The number of anilines is 1. The lowest BCUT2D eigenvalue weighted by atomic mass is 10.1. The molecule has 0 atom stereocenters. The molecule has 3 rings (SSSR count). The van der Waals surface area contributed by atoms with Gasteiger partial charge in [0.05, 0.1) is 7.11 Å². The standard InChI is InChI=1S/C26H22BrClN2O3/c1-16-5-4-6-18(9-16)15-33-25-13-22(27)19(11-24(25)32-3)10-20(14-29)26(31)30-23-12-21(28)8-7-17(23)2/h4-13H,15H2,1-3H3,(H,30,31)/b20-10+. The van der Waals surface area contributed by atoms with Crippen LogP contribution in [0.2, 0.25) is 5.02 Å². The lowest BCUT2D eigenvalue weighted by Crippen LogP contribution is -2.14. The number of methoxy groups -OCH3 is 1. The van der Waals surface area contributed by atoms with E-state index in [1.165, 1.54) is 13.2 Å². The predicted octanol–water partition coefficient (Wildman–Crippen LogP) is 6.85. The zero-order valence-corrected chi connectivity index (χ0v) is 20.8. The van der Waals surface area contributed by atoms with Crippen LogP contribution in [0.5, 0.6) is 11.5 Å². The number of nitrogens with one attached hydrogen (secondary N) is 1. The van der Waals surface area contributed by atoms with Crippen LogP contribution in [-0.4, -0.2) is 13.0 Å². The topological polar surface area (TPSA) is 71.3 Å². The SMILES string of the molecule is COc1cc(/C=C(\C#N)C(=O)Nc2cc(Cl)ccc2C)c(Br)cc1OCc1cccc(C)c1. The Labute approximate surface area is 206 Å². The third-order valence-electron chi connectivity index (χ3n) is 4.87. The smallest absolute Gasteiger partial charge is 0.266 e. The lowest BCUT2D eigenvalue weighted by molar-refractivity contribution is -0.112. The van der Waals surface area contributed by atoms with E-state index in [-0.39, 0.29) is 5.57 Å². The molecule has 0 radical (unpaired) electrons. The first-order valence-corrected chi connectivity index (χ1v) is 11.2. The molecule has 5 nitrogen and oxygen atoms in total. The molecule has 168 valence electrons. The van der Waals surface area contributed by atoms with E-state index in [0.29, 0.717) is 38.9 Å². The van der Waals surface area contributed by atoms with Crippen molar-refractivity contribution in [2.75, 3.05) is 12.4 Å². The van der Waals surface area contributed by atoms with Crippen LogP contribution in [0.25, 0.3) is 6.08 Å². The second-order valence-corrected chi connectivity index (χ2v) is 8.68. The van der Waals surface area contributed by atoms with Crippen LogP contribution < -0.4 is 14.8 Å². The van der Waals surface area contributed by atoms with E-state index in [1.54, 1.807) is 30.3 Å². The fourth-order valence-electron chi connectivity index (χ4n) is 3.12. The Morgan fingerprint density at radius 2 is 1.94 bits per heavy atom. The van der Waals surface area contributed by atoms with E-state index in [0.717, 1.165) is 16.7 Å². The summed E-state index contributed by atoms with van der Waals surface area (Å²) in [4.78, 5) is 12.7. The number of halogens is 2. The molecule has 0 bridgehead atoms. The van der Waals surface area contributed by atoms with Gasteiger partial charge in [-0.05, 0) is 60.9 Å². The fraction of sp³-hybridized carbons (Fsp3) is 0.154. The molecule has 0 heterocycles. The Kier molecular flexibility index (Phi) is 8.16. The second kappa shape index (κ2) is 11.0. The van der Waals surface area contributed by atoms with Gasteiger partial charge in [-0.3, -0.25) is 4.79 Å². The predicted molar refractivity (Wildman–Crippen MR) is 135 cm³/mol. The Morgan fingerprint density at radius 3 is 2.64 bits per heavy atom. The van der Waals surface area contributed by atoms with Crippen molar-refractivity contribution in [3.05, 3.63) is 91.9 Å². The number of benzene rings is 3. The van der Waals surface area contributed by atoms with Gasteiger partial charge in [-0.15, -0.1) is 0 Å². The van der Waals surface area contributed by atoms with Gasteiger partial charge < -0.3 is 14.8 Å². The summed E-state index contributed by atoms with van der Waals surface area (Å²) in [5, 5.41) is 12.8. The first kappa shape index (κ1) is 24.4. The number of amides is 1. The van der Waals surface area contributed by atoms with Gasteiger partial charge >= 0.3 is 0 Å². The van der Waals surface area contributed by atoms with Crippen LogP contribution in [0, 0.1) is 25.2 Å². The number of rotatable bonds is 7. The molecule has 1 N–H and O–H groups in total. The number of carbonyl (C=O) groups excluding carboxylic acids is 1. The zero-order chi connectivity index (χ0) is 24.0. The largest absolute Gasteiger partial charge is 0.493 e. The highest BCUT2D eigenvalue weighted by molar-refractivity contribution is 9.10. The third-order valence-corrected chi connectivity index (χ3v) is 5.79. The highest BCUT2D eigenvalue weighted by Crippen LogP contribution is 2.35. The summed E-state index contributed by atoms with van der Waals surface area (Å²) in [6.07, 6.45) is 1.49. The molecule has 3 aromatic carbocycles. The van der Waals surface area contributed by atoms with Crippen LogP contribution in [0.15, 0.2) is 64.6 Å². The average Bonchev–Trinajstić information content (AvgIpc) is 2.79. The molecule has 33 heavy (non-hydrogen) atoms. The molecule has 0 aliphatic heterocycles. The minimum absolute atomic E-state index is 0.0643. The second-order valence-electron chi connectivity index (χ2n) is 7.39. The maximum atomic E-state index is 12.7. The Morgan fingerprint density at radius 1 is 1.15 bits per heavy atom. The van der Waals surface area contributed by atoms with Crippen molar-refractivity contribution in [3.63, 3.8) is 0 Å². The van der Waals surface area contributed by atoms with Crippen molar-refractivity contribution in [1.82, 2.24) is 0 Å². The zero-order valence-electron chi connectivity index (χ0n) is 18.4. The van der Waals surface area contributed by atoms with Crippen LogP contribution in [-0.2, 0) is 11.4 Å². The number of nitrogens with zero attached hydrogens (tertiary/aromatic N) is 1. The lowest BCUT2D eigenvalue weighted by Gasteiger charge is -2.13. The van der Waals surface area contributed by atoms with E-state index in [2.05, 4.69) is 27.3 Å². The molecule has 0 fully saturated rings. The first-order chi connectivity index (χ1) is 15.8. The molecule has 0 aromatic heterocycles. The quantitative estimate of drug-likeness (QED) is 0.270. The van der Waals surface area contributed by atoms with Crippen LogP contribution in [0.1, 0.15) is 22.3 Å². The number of hydrogen-bond acceptors (Lipinski definition) is 4. The summed E-state index contributed by atoms with van der Waals surface area (Å²) in [7, 11) is 1.54. The van der Waals surface area contributed by atoms with Crippen molar-refractivity contribution >= 4 is 45.2 Å². The summed E-state index contributed by atoms with van der Waals surface area (Å²) >= 11 is 9.53. The molecule has 7 heteroatoms. The van der Waals surface area contributed by atoms with Gasteiger partial charge in [0.15, 0.2) is 11.5 Å². The number of ether oxygens (including phenoxy) is 2. The number of aryl methyl sites for hydroxylation is 2. The molecule has 0 aliphatic rings. The average molecular weight is 526 g/mol.